The summed E-state index contributed by atoms with van der Waals surface area (Å²) in [5, 5.41) is 3.64. The summed E-state index contributed by atoms with van der Waals surface area (Å²) < 4.78 is 5.46. The first-order valence-corrected chi connectivity index (χ1v) is 6.99. The van der Waals surface area contributed by atoms with Crippen molar-refractivity contribution in [3.8, 4) is 0 Å². The Labute approximate surface area is 105 Å². The van der Waals surface area contributed by atoms with E-state index in [4.69, 9.17) is 4.42 Å². The highest BCUT2D eigenvalue weighted by atomic mass is 16.3. The van der Waals surface area contributed by atoms with Crippen LogP contribution in [0.5, 0.6) is 0 Å². The summed E-state index contributed by atoms with van der Waals surface area (Å²) in [6.07, 6.45) is 7.39. The predicted octanol–water partition coefficient (Wildman–Crippen LogP) is 4.06. The first-order valence-electron chi connectivity index (χ1n) is 6.99. The van der Waals surface area contributed by atoms with Crippen LogP contribution in [0.4, 0.5) is 0 Å². The lowest BCUT2D eigenvalue weighted by atomic mass is 9.77. The van der Waals surface area contributed by atoms with Gasteiger partial charge in [-0.3, -0.25) is 0 Å². The second-order valence-corrected chi connectivity index (χ2v) is 5.55. The van der Waals surface area contributed by atoms with Crippen molar-refractivity contribution >= 4 is 0 Å². The van der Waals surface area contributed by atoms with Gasteiger partial charge in [-0.05, 0) is 44.2 Å². The minimum Gasteiger partial charge on any atom is -0.469 e. The van der Waals surface area contributed by atoms with Gasteiger partial charge in [-0.25, -0.2) is 0 Å². The number of hydrogen-bond acceptors (Lipinski definition) is 2. The van der Waals surface area contributed by atoms with E-state index in [0.29, 0.717) is 6.04 Å². The molecule has 1 aromatic heterocycles. The van der Waals surface area contributed by atoms with Crippen molar-refractivity contribution < 1.29 is 4.42 Å². The van der Waals surface area contributed by atoms with E-state index in [1.54, 1.807) is 0 Å². The molecule has 1 aliphatic rings. The summed E-state index contributed by atoms with van der Waals surface area (Å²) in [5.41, 5.74) is 1.34. The Morgan fingerprint density at radius 3 is 2.59 bits per heavy atom. The van der Waals surface area contributed by atoms with Gasteiger partial charge in [-0.15, -0.1) is 0 Å². The largest absolute Gasteiger partial charge is 0.469 e. The van der Waals surface area contributed by atoms with Crippen LogP contribution in [0, 0.1) is 18.8 Å². The molecular formula is C15H25NO. The van der Waals surface area contributed by atoms with E-state index in [-0.39, 0.29) is 0 Å². The van der Waals surface area contributed by atoms with Gasteiger partial charge in [0, 0.05) is 11.6 Å². The molecular weight excluding hydrogens is 210 g/mol. The Kier molecular flexibility index (Phi) is 4.27. The molecule has 1 aromatic rings. The molecule has 1 N–H and O–H groups in total. The van der Waals surface area contributed by atoms with Crippen LogP contribution in [0.3, 0.4) is 0 Å². The van der Waals surface area contributed by atoms with E-state index >= 15 is 0 Å². The van der Waals surface area contributed by atoms with Crippen LogP contribution in [0.2, 0.25) is 0 Å². The molecule has 1 saturated carbocycles. The molecule has 1 fully saturated rings. The normalized spacial score (nSPS) is 27.0. The SMILES string of the molecule is CCNC(c1coc(C)c1)C1CCC(C)CC1. The molecule has 0 bridgehead atoms. The average molecular weight is 235 g/mol. The molecule has 2 nitrogen and oxygen atoms in total. The second kappa shape index (κ2) is 5.72. The van der Waals surface area contributed by atoms with Crippen LogP contribution < -0.4 is 5.32 Å². The van der Waals surface area contributed by atoms with E-state index < -0.39 is 0 Å². The Hall–Kier alpha value is -0.760. The molecule has 96 valence electrons. The third-order valence-corrected chi connectivity index (χ3v) is 4.07. The minimum atomic E-state index is 0.491. The van der Waals surface area contributed by atoms with Crippen molar-refractivity contribution in [2.45, 2.75) is 52.5 Å². The van der Waals surface area contributed by atoms with Gasteiger partial charge in [0.25, 0.3) is 0 Å². The Balaban J connectivity index is 2.06. The summed E-state index contributed by atoms with van der Waals surface area (Å²) in [6, 6.07) is 2.68. The standard InChI is InChI=1S/C15H25NO/c1-4-16-15(14-9-12(3)17-10-14)13-7-5-11(2)6-8-13/h9-11,13,15-16H,4-8H2,1-3H3. The lowest BCUT2D eigenvalue weighted by molar-refractivity contribution is 0.232. The molecule has 0 radical (unpaired) electrons. The van der Waals surface area contributed by atoms with Crippen molar-refractivity contribution in [3.05, 3.63) is 23.7 Å². The van der Waals surface area contributed by atoms with Crippen molar-refractivity contribution in [2.24, 2.45) is 11.8 Å². The van der Waals surface area contributed by atoms with Gasteiger partial charge in [-0.2, -0.15) is 0 Å². The number of aryl methyl sites for hydroxylation is 1. The van der Waals surface area contributed by atoms with Crippen LogP contribution in [-0.4, -0.2) is 6.54 Å². The molecule has 2 heteroatoms. The quantitative estimate of drug-likeness (QED) is 0.851. The highest BCUT2D eigenvalue weighted by Crippen LogP contribution is 2.37. The molecule has 2 rings (SSSR count). The zero-order chi connectivity index (χ0) is 12.3. The number of nitrogens with one attached hydrogen (secondary N) is 1. The van der Waals surface area contributed by atoms with Crippen molar-refractivity contribution in [1.29, 1.82) is 0 Å². The molecule has 0 amide bonds. The highest BCUT2D eigenvalue weighted by molar-refractivity contribution is 5.17. The third kappa shape index (κ3) is 3.12. The van der Waals surface area contributed by atoms with E-state index in [2.05, 4.69) is 25.2 Å². The van der Waals surface area contributed by atoms with Gasteiger partial charge in [0.2, 0.25) is 0 Å². The maximum Gasteiger partial charge on any atom is 0.101 e. The zero-order valence-corrected chi connectivity index (χ0v) is 11.3. The Morgan fingerprint density at radius 2 is 2.06 bits per heavy atom. The van der Waals surface area contributed by atoms with Gasteiger partial charge in [-0.1, -0.05) is 26.7 Å². The highest BCUT2D eigenvalue weighted by Gasteiger charge is 2.27. The minimum absolute atomic E-state index is 0.491. The van der Waals surface area contributed by atoms with E-state index in [9.17, 15) is 0 Å². The lowest BCUT2D eigenvalue weighted by Gasteiger charge is -2.32. The Bertz CT molecular complexity index is 336. The number of furan rings is 1. The van der Waals surface area contributed by atoms with Crippen LogP contribution in [0.1, 0.15) is 56.9 Å². The van der Waals surface area contributed by atoms with Crippen LogP contribution in [0.25, 0.3) is 0 Å². The summed E-state index contributed by atoms with van der Waals surface area (Å²) in [6.45, 7) is 7.61. The van der Waals surface area contributed by atoms with Gasteiger partial charge < -0.3 is 9.73 Å². The third-order valence-electron chi connectivity index (χ3n) is 4.07. The maximum atomic E-state index is 5.46. The van der Waals surface area contributed by atoms with Crippen LogP contribution in [0.15, 0.2) is 16.7 Å². The van der Waals surface area contributed by atoms with Crippen molar-refractivity contribution in [2.75, 3.05) is 6.54 Å². The fraction of sp³-hybridized carbons (Fsp3) is 0.733. The monoisotopic (exact) mass is 235 g/mol. The number of rotatable bonds is 4. The van der Waals surface area contributed by atoms with Crippen molar-refractivity contribution in [3.63, 3.8) is 0 Å². The Morgan fingerprint density at radius 1 is 1.35 bits per heavy atom. The summed E-state index contributed by atoms with van der Waals surface area (Å²) in [7, 11) is 0. The molecule has 0 aliphatic heterocycles. The predicted molar refractivity (Wildman–Crippen MR) is 71.0 cm³/mol. The van der Waals surface area contributed by atoms with E-state index in [1.165, 1.54) is 31.2 Å². The molecule has 1 atom stereocenters. The lowest BCUT2D eigenvalue weighted by Crippen LogP contribution is -2.30. The second-order valence-electron chi connectivity index (χ2n) is 5.55. The fourth-order valence-electron chi connectivity index (χ4n) is 3.02. The zero-order valence-electron chi connectivity index (χ0n) is 11.3. The molecule has 1 unspecified atom stereocenters. The molecule has 1 heterocycles. The van der Waals surface area contributed by atoms with Gasteiger partial charge in [0.15, 0.2) is 0 Å². The molecule has 0 aromatic carbocycles. The summed E-state index contributed by atoms with van der Waals surface area (Å²) in [5.74, 6) is 2.72. The van der Waals surface area contributed by atoms with Crippen molar-refractivity contribution in [1.82, 2.24) is 5.32 Å². The molecule has 1 aliphatic carbocycles. The summed E-state index contributed by atoms with van der Waals surface area (Å²) >= 11 is 0. The van der Waals surface area contributed by atoms with Gasteiger partial charge in [0.1, 0.15) is 5.76 Å². The van der Waals surface area contributed by atoms with E-state index in [1.807, 2.05) is 13.2 Å². The maximum absolute atomic E-state index is 5.46. The van der Waals surface area contributed by atoms with Crippen LogP contribution >= 0.6 is 0 Å². The average Bonchev–Trinajstić information content (AvgIpc) is 2.74. The number of hydrogen-bond donors (Lipinski definition) is 1. The van der Waals surface area contributed by atoms with Gasteiger partial charge >= 0.3 is 0 Å². The first-order chi connectivity index (χ1) is 8.20. The first kappa shape index (κ1) is 12.7. The smallest absolute Gasteiger partial charge is 0.101 e. The molecule has 0 spiro atoms. The van der Waals surface area contributed by atoms with Crippen LogP contribution in [-0.2, 0) is 0 Å². The van der Waals surface area contributed by atoms with Gasteiger partial charge in [0.05, 0.1) is 6.26 Å². The topological polar surface area (TPSA) is 25.2 Å². The summed E-state index contributed by atoms with van der Waals surface area (Å²) in [4.78, 5) is 0. The molecule has 0 saturated heterocycles. The molecule has 17 heavy (non-hydrogen) atoms. The van der Waals surface area contributed by atoms with E-state index in [0.717, 1.165) is 24.1 Å². The fourth-order valence-corrected chi connectivity index (χ4v) is 3.02.